The van der Waals surface area contributed by atoms with Crippen LogP contribution in [0.15, 0.2) is 48.5 Å². The fraction of sp³-hybridized carbons (Fsp3) is 0.500. The highest BCUT2D eigenvalue weighted by molar-refractivity contribution is 5.87. The van der Waals surface area contributed by atoms with Gasteiger partial charge in [-0.1, -0.05) is 42.8 Å². The summed E-state index contributed by atoms with van der Waals surface area (Å²) >= 11 is 0. The van der Waals surface area contributed by atoms with Gasteiger partial charge in [0.1, 0.15) is 28.4 Å². The molecule has 36 heavy (non-hydrogen) atoms. The van der Waals surface area contributed by atoms with Gasteiger partial charge in [-0.15, -0.1) is 0 Å². The van der Waals surface area contributed by atoms with Gasteiger partial charge < -0.3 is 24.5 Å². The molecule has 192 valence electrons. The Bertz CT molecular complexity index is 1160. The fourth-order valence-electron chi connectivity index (χ4n) is 6.20. The second-order valence-corrected chi connectivity index (χ2v) is 10.6. The zero-order valence-electron chi connectivity index (χ0n) is 21.8. The van der Waals surface area contributed by atoms with Crippen LogP contribution in [0.3, 0.4) is 0 Å². The summed E-state index contributed by atoms with van der Waals surface area (Å²) in [6.07, 6.45) is 9.42. The van der Waals surface area contributed by atoms with Gasteiger partial charge in [0.05, 0.1) is 19.8 Å². The van der Waals surface area contributed by atoms with Crippen molar-refractivity contribution in [1.82, 2.24) is 14.9 Å². The van der Waals surface area contributed by atoms with Crippen molar-refractivity contribution >= 4 is 16.6 Å². The van der Waals surface area contributed by atoms with E-state index in [-0.39, 0.29) is 5.92 Å². The second kappa shape index (κ2) is 10.7. The summed E-state index contributed by atoms with van der Waals surface area (Å²) in [6, 6.07) is 14.5. The van der Waals surface area contributed by atoms with E-state index in [1.54, 1.807) is 14.2 Å². The van der Waals surface area contributed by atoms with Gasteiger partial charge in [0, 0.05) is 18.9 Å². The summed E-state index contributed by atoms with van der Waals surface area (Å²) < 4.78 is 11.0. The van der Waals surface area contributed by atoms with Crippen LogP contribution >= 0.6 is 0 Å². The number of imidazole rings is 1. The predicted octanol–water partition coefficient (Wildman–Crippen LogP) is 5.47. The molecule has 0 spiro atoms. The molecular formula is C30H39N3O3. The third-order valence-corrected chi connectivity index (χ3v) is 8.22. The summed E-state index contributed by atoms with van der Waals surface area (Å²) in [4.78, 5) is 10.5. The van der Waals surface area contributed by atoms with Crippen molar-refractivity contribution in [1.29, 1.82) is 0 Å². The molecule has 0 radical (unpaired) electrons. The van der Waals surface area contributed by atoms with E-state index < -0.39 is 5.60 Å². The Kier molecular flexibility index (Phi) is 7.35. The highest BCUT2D eigenvalue weighted by atomic mass is 16.5. The number of allylic oxidation sites excluding steroid dienone is 1. The van der Waals surface area contributed by atoms with Crippen molar-refractivity contribution in [2.75, 3.05) is 34.4 Å². The van der Waals surface area contributed by atoms with E-state index in [0.717, 1.165) is 73.6 Å². The Morgan fingerprint density at radius 3 is 2.61 bits per heavy atom. The number of fused-ring (bicyclic) bond motifs is 4. The average Bonchev–Trinajstić information content (AvgIpc) is 3.12. The lowest BCUT2D eigenvalue weighted by atomic mass is 9.70. The van der Waals surface area contributed by atoms with E-state index in [0.29, 0.717) is 5.92 Å². The maximum Gasteiger partial charge on any atom is 0.146 e. The molecule has 0 aliphatic heterocycles. The molecule has 3 aromatic rings. The van der Waals surface area contributed by atoms with Crippen LogP contribution in [0.4, 0.5) is 0 Å². The number of aliphatic hydroxyl groups is 1. The van der Waals surface area contributed by atoms with Crippen LogP contribution in [0.25, 0.3) is 16.6 Å². The zero-order chi connectivity index (χ0) is 25.1. The summed E-state index contributed by atoms with van der Waals surface area (Å²) in [6.45, 7) is 1.86. The highest BCUT2D eigenvalue weighted by Crippen LogP contribution is 2.49. The van der Waals surface area contributed by atoms with Crippen molar-refractivity contribution in [2.45, 2.75) is 50.5 Å². The van der Waals surface area contributed by atoms with Crippen molar-refractivity contribution in [3.63, 3.8) is 0 Å². The first kappa shape index (κ1) is 24.8. The molecule has 2 aromatic carbocycles. The third kappa shape index (κ3) is 5.02. The van der Waals surface area contributed by atoms with Gasteiger partial charge in [0.15, 0.2) is 0 Å². The molecule has 1 aromatic heterocycles. The van der Waals surface area contributed by atoms with E-state index in [9.17, 15) is 5.11 Å². The highest BCUT2D eigenvalue weighted by Gasteiger charge is 2.44. The van der Waals surface area contributed by atoms with Gasteiger partial charge in [-0.05, 0) is 74.9 Å². The van der Waals surface area contributed by atoms with Gasteiger partial charge in [-0.25, -0.2) is 4.98 Å². The number of nitrogens with one attached hydrogen (secondary N) is 1. The Morgan fingerprint density at radius 2 is 1.83 bits per heavy atom. The number of aromatic nitrogens is 2. The van der Waals surface area contributed by atoms with Crippen LogP contribution < -0.4 is 9.47 Å². The number of hydrogen-bond acceptors (Lipinski definition) is 5. The number of hydrogen-bond donors (Lipinski definition) is 2. The lowest BCUT2D eigenvalue weighted by molar-refractivity contribution is -0.0299. The van der Waals surface area contributed by atoms with E-state index in [4.69, 9.17) is 14.5 Å². The van der Waals surface area contributed by atoms with E-state index in [2.05, 4.69) is 53.3 Å². The third-order valence-electron chi connectivity index (χ3n) is 8.22. The standard InChI is InChI=1S/C30H39N3O3/c1-33(17-8-13-27-31-28-25(35-2)14-15-26(36-3)29(28)32-27)18-16-30(34)20-22-11-7-12-23(30)19-24(22)21-9-5-4-6-10-21/h4-6,9-10,14-15,19,22-23,34H,7-8,11-13,16-18,20H2,1-3H3,(H,31,32). The average molecular weight is 490 g/mol. The monoisotopic (exact) mass is 489 g/mol. The van der Waals surface area contributed by atoms with Crippen molar-refractivity contribution in [3.8, 4) is 11.5 Å². The van der Waals surface area contributed by atoms with Gasteiger partial charge in [-0.3, -0.25) is 0 Å². The van der Waals surface area contributed by atoms with Gasteiger partial charge >= 0.3 is 0 Å². The number of methoxy groups -OCH3 is 2. The molecule has 3 aliphatic rings. The molecule has 2 bridgehead atoms. The molecule has 3 atom stereocenters. The first-order valence-electron chi connectivity index (χ1n) is 13.3. The number of H-pyrrole nitrogens is 1. The molecule has 2 N–H and O–H groups in total. The summed E-state index contributed by atoms with van der Waals surface area (Å²) in [5, 5.41) is 11.7. The summed E-state index contributed by atoms with van der Waals surface area (Å²) in [7, 11) is 5.49. The number of aryl methyl sites for hydroxylation is 1. The normalized spacial score (nSPS) is 23.6. The Labute approximate surface area is 214 Å². The first-order valence-corrected chi connectivity index (χ1v) is 13.3. The molecule has 0 saturated heterocycles. The number of benzene rings is 2. The topological polar surface area (TPSA) is 70.6 Å². The first-order chi connectivity index (χ1) is 17.5. The van der Waals surface area contributed by atoms with Gasteiger partial charge in [0.2, 0.25) is 0 Å². The number of nitrogens with zero attached hydrogens (tertiary/aromatic N) is 2. The van der Waals surface area contributed by atoms with Crippen LogP contribution in [0.1, 0.15) is 49.9 Å². The van der Waals surface area contributed by atoms with Crippen molar-refractivity contribution in [3.05, 3.63) is 59.9 Å². The second-order valence-electron chi connectivity index (χ2n) is 10.6. The van der Waals surface area contributed by atoms with Gasteiger partial charge in [-0.2, -0.15) is 0 Å². The van der Waals surface area contributed by atoms with Crippen LogP contribution in [-0.2, 0) is 6.42 Å². The molecule has 1 saturated carbocycles. The minimum absolute atomic E-state index is 0.250. The molecule has 0 amide bonds. The van der Waals surface area contributed by atoms with Crippen LogP contribution in [0, 0.1) is 11.8 Å². The van der Waals surface area contributed by atoms with E-state index in [1.165, 1.54) is 24.0 Å². The van der Waals surface area contributed by atoms with Crippen LogP contribution in [-0.4, -0.2) is 59.9 Å². The number of ether oxygens (including phenoxy) is 2. The van der Waals surface area contributed by atoms with Crippen LogP contribution in [0.2, 0.25) is 0 Å². The quantitative estimate of drug-likeness (QED) is 0.395. The smallest absolute Gasteiger partial charge is 0.146 e. The largest absolute Gasteiger partial charge is 0.494 e. The maximum atomic E-state index is 11.7. The van der Waals surface area contributed by atoms with Crippen molar-refractivity contribution in [2.24, 2.45) is 11.8 Å². The maximum absolute atomic E-state index is 11.7. The Balaban J connectivity index is 1.17. The van der Waals surface area contributed by atoms with Crippen LogP contribution in [0.5, 0.6) is 11.5 Å². The molecule has 1 heterocycles. The van der Waals surface area contributed by atoms with Gasteiger partial charge in [0.25, 0.3) is 0 Å². The molecular weight excluding hydrogens is 450 g/mol. The molecule has 6 nitrogen and oxygen atoms in total. The molecule has 1 fully saturated rings. The fourth-order valence-corrected chi connectivity index (χ4v) is 6.20. The van der Waals surface area contributed by atoms with Crippen molar-refractivity contribution < 1.29 is 14.6 Å². The van der Waals surface area contributed by atoms with E-state index in [1.807, 2.05) is 12.1 Å². The summed E-state index contributed by atoms with van der Waals surface area (Å²) in [5.41, 5.74) is 3.88. The molecule has 6 rings (SSSR count). The molecule has 6 heteroatoms. The molecule has 3 unspecified atom stereocenters. The predicted molar refractivity (Wildman–Crippen MR) is 144 cm³/mol. The number of rotatable bonds is 10. The minimum Gasteiger partial charge on any atom is -0.494 e. The minimum atomic E-state index is -0.598. The molecule has 3 aliphatic carbocycles. The lowest BCUT2D eigenvalue weighted by Gasteiger charge is -2.41. The van der Waals surface area contributed by atoms with E-state index >= 15 is 0 Å². The number of aromatic amines is 1. The Morgan fingerprint density at radius 1 is 1.06 bits per heavy atom. The Hall–Kier alpha value is -2.83. The zero-order valence-corrected chi connectivity index (χ0v) is 21.8. The lowest BCUT2D eigenvalue weighted by Crippen LogP contribution is -2.43. The SMILES string of the molecule is COc1ccc(OC)c2[nH]c(CCCN(C)CCC3(O)CC4CCCC3C=C4c3ccccc3)nc12. The summed E-state index contributed by atoms with van der Waals surface area (Å²) in [5.74, 6) is 3.18.